The lowest BCUT2D eigenvalue weighted by Crippen LogP contribution is -2.28. The molecule has 1 N–H and O–H groups in total. The van der Waals surface area contributed by atoms with Gasteiger partial charge >= 0.3 is 6.18 Å². The standard InChI is InChI=1S/C19H13ClF3NO4S/c1-2-28-15-7-10(3-6-14(15)25)8-16-17(26)24(18(27)29-16)11-4-5-13(20)12(9-11)19(21,22)23/h3-9,25H,2H2,1H3/b16-8-. The van der Waals surface area contributed by atoms with Crippen LogP contribution in [0.25, 0.3) is 6.08 Å². The van der Waals surface area contributed by atoms with Crippen LogP contribution in [0.15, 0.2) is 41.3 Å². The first-order valence-electron chi connectivity index (χ1n) is 8.22. The maximum Gasteiger partial charge on any atom is 0.417 e. The zero-order chi connectivity index (χ0) is 21.3. The summed E-state index contributed by atoms with van der Waals surface area (Å²) in [6.45, 7) is 2.05. The molecule has 0 unspecified atom stereocenters. The summed E-state index contributed by atoms with van der Waals surface area (Å²) in [4.78, 5) is 25.6. The van der Waals surface area contributed by atoms with Crippen molar-refractivity contribution in [3.05, 3.63) is 57.5 Å². The third-order valence-electron chi connectivity index (χ3n) is 3.89. The van der Waals surface area contributed by atoms with Gasteiger partial charge in [-0.2, -0.15) is 13.2 Å². The van der Waals surface area contributed by atoms with Gasteiger partial charge in [-0.05, 0) is 60.7 Å². The van der Waals surface area contributed by atoms with Gasteiger partial charge in [0.2, 0.25) is 0 Å². The van der Waals surface area contributed by atoms with Crippen LogP contribution in [-0.4, -0.2) is 22.9 Å². The summed E-state index contributed by atoms with van der Waals surface area (Å²) in [7, 11) is 0. The van der Waals surface area contributed by atoms with Crippen LogP contribution < -0.4 is 9.64 Å². The predicted molar refractivity (Wildman–Crippen MR) is 104 cm³/mol. The van der Waals surface area contributed by atoms with Crippen LogP contribution in [0.1, 0.15) is 18.1 Å². The highest BCUT2D eigenvalue weighted by atomic mass is 35.5. The van der Waals surface area contributed by atoms with Crippen LogP contribution in [-0.2, 0) is 11.0 Å². The minimum atomic E-state index is -4.73. The number of alkyl halides is 3. The molecular formula is C19H13ClF3NO4S. The van der Waals surface area contributed by atoms with E-state index in [1.807, 2.05) is 0 Å². The Morgan fingerprint density at radius 3 is 2.59 bits per heavy atom. The Morgan fingerprint density at radius 2 is 1.93 bits per heavy atom. The second-order valence-corrected chi connectivity index (χ2v) is 7.24. The topological polar surface area (TPSA) is 66.8 Å². The molecule has 0 spiro atoms. The summed E-state index contributed by atoms with van der Waals surface area (Å²) in [6.07, 6.45) is -3.33. The number of aromatic hydroxyl groups is 1. The molecule has 0 aliphatic carbocycles. The molecule has 29 heavy (non-hydrogen) atoms. The highest BCUT2D eigenvalue weighted by Crippen LogP contribution is 2.41. The number of anilines is 1. The fourth-order valence-corrected chi connectivity index (χ4v) is 3.67. The molecule has 1 fully saturated rings. The third-order valence-corrected chi connectivity index (χ3v) is 5.09. The lowest BCUT2D eigenvalue weighted by Gasteiger charge is -2.16. The Bertz CT molecular complexity index is 1020. The molecule has 1 aliphatic heterocycles. The Hall–Kier alpha value is -2.65. The summed E-state index contributed by atoms with van der Waals surface area (Å²) in [5, 5.41) is 8.48. The molecule has 1 saturated heterocycles. The number of thioether (sulfide) groups is 1. The summed E-state index contributed by atoms with van der Waals surface area (Å²) in [6, 6.07) is 7.18. The number of imide groups is 1. The Balaban J connectivity index is 1.95. The number of phenols is 1. The van der Waals surface area contributed by atoms with Crippen LogP contribution in [0.4, 0.5) is 23.7 Å². The smallest absolute Gasteiger partial charge is 0.417 e. The monoisotopic (exact) mass is 443 g/mol. The first kappa shape index (κ1) is 21.1. The van der Waals surface area contributed by atoms with Crippen LogP contribution in [0, 0.1) is 0 Å². The maximum absolute atomic E-state index is 13.1. The number of benzene rings is 2. The van der Waals surface area contributed by atoms with Gasteiger partial charge in [0.15, 0.2) is 11.5 Å². The quantitative estimate of drug-likeness (QED) is 0.613. The Morgan fingerprint density at radius 1 is 1.21 bits per heavy atom. The van der Waals surface area contributed by atoms with Crippen LogP contribution in [0.5, 0.6) is 11.5 Å². The van der Waals surface area contributed by atoms with Gasteiger partial charge in [-0.15, -0.1) is 0 Å². The number of carbonyl (C=O) groups excluding carboxylic acids is 2. The van der Waals surface area contributed by atoms with E-state index in [2.05, 4.69) is 0 Å². The van der Waals surface area contributed by atoms with E-state index in [9.17, 15) is 27.9 Å². The van der Waals surface area contributed by atoms with Crippen LogP contribution in [0.3, 0.4) is 0 Å². The average molecular weight is 444 g/mol. The molecule has 0 bridgehead atoms. The summed E-state index contributed by atoms with van der Waals surface area (Å²) in [5.41, 5.74) is -0.892. The van der Waals surface area contributed by atoms with Gasteiger partial charge in [0.1, 0.15) is 0 Å². The number of halogens is 4. The van der Waals surface area contributed by atoms with Crippen molar-refractivity contribution < 1.29 is 32.6 Å². The van der Waals surface area contributed by atoms with Gasteiger partial charge in [0.05, 0.1) is 27.8 Å². The molecular weight excluding hydrogens is 431 g/mol. The number of phenolic OH excluding ortho intramolecular Hbond substituents is 1. The van der Waals surface area contributed by atoms with Crippen LogP contribution >= 0.6 is 23.4 Å². The lowest BCUT2D eigenvalue weighted by molar-refractivity contribution is -0.137. The average Bonchev–Trinajstić information content (AvgIpc) is 2.91. The predicted octanol–water partition coefficient (Wildman–Crippen LogP) is 5.70. The van der Waals surface area contributed by atoms with Gasteiger partial charge < -0.3 is 9.84 Å². The number of ether oxygens (including phenoxy) is 1. The van der Waals surface area contributed by atoms with Gasteiger partial charge in [-0.25, -0.2) is 4.90 Å². The van der Waals surface area contributed by atoms with Crippen molar-refractivity contribution in [1.29, 1.82) is 0 Å². The minimum absolute atomic E-state index is 0.0200. The van der Waals surface area contributed by atoms with Gasteiger partial charge in [-0.3, -0.25) is 9.59 Å². The van der Waals surface area contributed by atoms with E-state index in [4.69, 9.17) is 16.3 Å². The summed E-state index contributed by atoms with van der Waals surface area (Å²) in [5.74, 6) is -0.646. The number of hydrogen-bond donors (Lipinski definition) is 1. The van der Waals surface area contributed by atoms with Gasteiger partial charge in [-0.1, -0.05) is 17.7 Å². The Labute approximate surface area is 172 Å². The second-order valence-electron chi connectivity index (χ2n) is 5.84. The third kappa shape index (κ3) is 4.35. The van der Waals surface area contributed by atoms with E-state index in [1.165, 1.54) is 30.3 Å². The van der Waals surface area contributed by atoms with E-state index < -0.39 is 27.9 Å². The number of amides is 2. The SMILES string of the molecule is CCOc1cc(/C=C2\SC(=O)N(c3ccc(Cl)c(C(F)(F)F)c3)C2=O)ccc1O. The largest absolute Gasteiger partial charge is 0.504 e. The number of carbonyl (C=O) groups is 2. The molecule has 1 heterocycles. The van der Waals surface area contributed by atoms with Crippen molar-refractivity contribution >= 4 is 46.3 Å². The molecule has 10 heteroatoms. The molecule has 5 nitrogen and oxygen atoms in total. The van der Waals surface area contributed by atoms with E-state index in [-0.39, 0.29) is 22.1 Å². The molecule has 0 radical (unpaired) electrons. The van der Waals surface area contributed by atoms with Crippen molar-refractivity contribution in [3.63, 3.8) is 0 Å². The molecule has 3 rings (SSSR count). The highest BCUT2D eigenvalue weighted by molar-refractivity contribution is 8.19. The number of hydrogen-bond acceptors (Lipinski definition) is 5. The molecule has 0 aromatic heterocycles. The van der Waals surface area contributed by atoms with E-state index in [0.717, 1.165) is 6.07 Å². The molecule has 2 aromatic rings. The lowest BCUT2D eigenvalue weighted by atomic mass is 10.1. The molecule has 1 aliphatic rings. The van der Waals surface area contributed by atoms with Crippen molar-refractivity contribution in [2.45, 2.75) is 13.1 Å². The van der Waals surface area contributed by atoms with E-state index in [0.29, 0.717) is 34.9 Å². The zero-order valence-corrected chi connectivity index (χ0v) is 16.4. The van der Waals surface area contributed by atoms with Crippen molar-refractivity contribution in [1.82, 2.24) is 0 Å². The molecule has 2 amide bonds. The molecule has 152 valence electrons. The van der Waals surface area contributed by atoms with Gasteiger partial charge in [0, 0.05) is 0 Å². The normalized spacial score (nSPS) is 16.0. The van der Waals surface area contributed by atoms with Crippen molar-refractivity contribution in [3.8, 4) is 11.5 Å². The zero-order valence-electron chi connectivity index (χ0n) is 14.8. The molecule has 0 saturated carbocycles. The molecule has 0 atom stereocenters. The summed E-state index contributed by atoms with van der Waals surface area (Å²) < 4.78 is 44.5. The van der Waals surface area contributed by atoms with Crippen molar-refractivity contribution in [2.75, 3.05) is 11.5 Å². The summed E-state index contributed by atoms with van der Waals surface area (Å²) >= 11 is 6.19. The van der Waals surface area contributed by atoms with Crippen molar-refractivity contribution in [2.24, 2.45) is 0 Å². The highest BCUT2D eigenvalue weighted by Gasteiger charge is 2.39. The number of nitrogens with zero attached hydrogens (tertiary/aromatic N) is 1. The van der Waals surface area contributed by atoms with E-state index >= 15 is 0 Å². The minimum Gasteiger partial charge on any atom is -0.504 e. The number of rotatable bonds is 4. The van der Waals surface area contributed by atoms with Gasteiger partial charge in [0.25, 0.3) is 11.1 Å². The first-order valence-corrected chi connectivity index (χ1v) is 9.41. The first-order chi connectivity index (χ1) is 13.6. The van der Waals surface area contributed by atoms with E-state index in [1.54, 1.807) is 6.92 Å². The van der Waals surface area contributed by atoms with Crippen LogP contribution in [0.2, 0.25) is 5.02 Å². The Kier molecular flexibility index (Phi) is 5.81. The second kappa shape index (κ2) is 8.00. The maximum atomic E-state index is 13.1. The fraction of sp³-hybridized carbons (Fsp3) is 0.158. The fourth-order valence-electron chi connectivity index (χ4n) is 2.60. The molecule has 2 aromatic carbocycles.